The van der Waals surface area contributed by atoms with E-state index in [1.807, 2.05) is 24.6 Å². The average Bonchev–Trinajstić information content (AvgIpc) is 2.92. The topological polar surface area (TPSA) is 73.2 Å². The second kappa shape index (κ2) is 7.26. The number of ether oxygens (including phenoxy) is 1. The van der Waals surface area contributed by atoms with Crippen LogP contribution in [0.25, 0.3) is 0 Å². The molecule has 1 N–H and O–H groups in total. The van der Waals surface area contributed by atoms with Gasteiger partial charge in [-0.3, -0.25) is 0 Å². The lowest BCUT2D eigenvalue weighted by molar-refractivity contribution is 0.147. The van der Waals surface area contributed by atoms with E-state index in [2.05, 4.69) is 10.3 Å². The zero-order valence-electron chi connectivity index (χ0n) is 12.8. The molecule has 1 aromatic rings. The summed E-state index contributed by atoms with van der Waals surface area (Å²) in [6.45, 7) is 6.94. The predicted octanol–water partition coefficient (Wildman–Crippen LogP) is 1.46. The molecule has 7 heteroatoms. The van der Waals surface area contributed by atoms with Crippen LogP contribution in [-0.4, -0.2) is 49.2 Å². The molecule has 1 aliphatic heterocycles. The van der Waals surface area contributed by atoms with Crippen molar-refractivity contribution in [3.8, 4) is 0 Å². The minimum absolute atomic E-state index is 0.201. The summed E-state index contributed by atoms with van der Waals surface area (Å²) in [4.78, 5) is 4.47. The maximum Gasteiger partial charge on any atom is 0.203 e. The summed E-state index contributed by atoms with van der Waals surface area (Å²) < 4.78 is 30.4. The van der Waals surface area contributed by atoms with E-state index in [0.717, 1.165) is 44.2 Å². The SMILES string of the molecule is CCOCCCNc1nc(C)cn1CC1CCS(=O)(=O)C1. The van der Waals surface area contributed by atoms with Gasteiger partial charge >= 0.3 is 0 Å². The zero-order chi connectivity index (χ0) is 15.3. The predicted molar refractivity (Wildman–Crippen MR) is 83.3 cm³/mol. The summed E-state index contributed by atoms with van der Waals surface area (Å²) in [7, 11) is -2.82. The third-order valence-corrected chi connectivity index (χ3v) is 5.47. The highest BCUT2D eigenvalue weighted by Crippen LogP contribution is 2.22. The molecule has 0 saturated carbocycles. The fraction of sp³-hybridized carbons (Fsp3) is 0.786. The maximum atomic E-state index is 11.5. The number of nitrogens with zero attached hydrogens (tertiary/aromatic N) is 2. The van der Waals surface area contributed by atoms with E-state index in [-0.39, 0.29) is 5.92 Å². The molecular formula is C14H25N3O3S. The first kappa shape index (κ1) is 16.3. The van der Waals surface area contributed by atoms with Gasteiger partial charge in [-0.25, -0.2) is 13.4 Å². The van der Waals surface area contributed by atoms with Crippen molar-refractivity contribution in [1.82, 2.24) is 9.55 Å². The lowest BCUT2D eigenvalue weighted by Gasteiger charge is -2.13. The van der Waals surface area contributed by atoms with Crippen LogP contribution < -0.4 is 5.32 Å². The second-order valence-electron chi connectivity index (χ2n) is 5.60. The van der Waals surface area contributed by atoms with E-state index >= 15 is 0 Å². The molecule has 0 aromatic carbocycles. The highest BCUT2D eigenvalue weighted by atomic mass is 32.2. The minimum Gasteiger partial charge on any atom is -0.382 e. The first-order valence-electron chi connectivity index (χ1n) is 7.56. The van der Waals surface area contributed by atoms with Crippen LogP contribution in [0.4, 0.5) is 5.95 Å². The van der Waals surface area contributed by atoms with Crippen molar-refractivity contribution >= 4 is 15.8 Å². The van der Waals surface area contributed by atoms with Crippen molar-refractivity contribution < 1.29 is 13.2 Å². The van der Waals surface area contributed by atoms with Crippen molar-refractivity contribution in [1.29, 1.82) is 0 Å². The third kappa shape index (κ3) is 5.00. The van der Waals surface area contributed by atoms with Gasteiger partial charge in [-0.15, -0.1) is 0 Å². The molecule has 2 rings (SSSR count). The molecule has 2 heterocycles. The number of hydrogen-bond donors (Lipinski definition) is 1. The van der Waals surface area contributed by atoms with E-state index in [9.17, 15) is 8.42 Å². The van der Waals surface area contributed by atoms with E-state index in [1.165, 1.54) is 0 Å². The van der Waals surface area contributed by atoms with Gasteiger partial charge in [0.25, 0.3) is 0 Å². The molecule has 21 heavy (non-hydrogen) atoms. The quantitative estimate of drug-likeness (QED) is 0.735. The molecule has 0 spiro atoms. The van der Waals surface area contributed by atoms with Gasteiger partial charge in [0.2, 0.25) is 5.95 Å². The Morgan fingerprint density at radius 3 is 3.00 bits per heavy atom. The Bertz CT molecular complexity index is 554. The molecular weight excluding hydrogens is 290 g/mol. The molecule has 0 aliphatic carbocycles. The fourth-order valence-corrected chi connectivity index (χ4v) is 4.49. The van der Waals surface area contributed by atoms with Gasteiger partial charge in [0.1, 0.15) is 0 Å². The van der Waals surface area contributed by atoms with Gasteiger partial charge in [0.15, 0.2) is 9.84 Å². The summed E-state index contributed by atoms with van der Waals surface area (Å²) in [5.41, 5.74) is 0.947. The number of aromatic nitrogens is 2. The van der Waals surface area contributed by atoms with E-state index < -0.39 is 9.84 Å². The fourth-order valence-electron chi connectivity index (χ4n) is 2.64. The molecule has 0 bridgehead atoms. The standard InChI is InChI=1S/C14H25N3O3S/c1-3-20-7-4-6-15-14-16-12(2)9-17(14)10-13-5-8-21(18,19)11-13/h9,13H,3-8,10-11H2,1-2H3,(H,15,16). The van der Waals surface area contributed by atoms with Crippen molar-refractivity contribution in [3.05, 3.63) is 11.9 Å². The Morgan fingerprint density at radius 2 is 2.33 bits per heavy atom. The molecule has 1 fully saturated rings. The Labute approximate surface area is 126 Å². The first-order chi connectivity index (χ1) is 10.00. The number of aryl methyl sites for hydroxylation is 1. The monoisotopic (exact) mass is 315 g/mol. The summed E-state index contributed by atoms with van der Waals surface area (Å²) in [5.74, 6) is 1.65. The lowest BCUT2D eigenvalue weighted by atomic mass is 10.1. The van der Waals surface area contributed by atoms with Crippen molar-refractivity contribution in [3.63, 3.8) is 0 Å². The van der Waals surface area contributed by atoms with Gasteiger partial charge in [0, 0.05) is 32.5 Å². The number of hydrogen-bond acceptors (Lipinski definition) is 5. The molecule has 6 nitrogen and oxygen atoms in total. The molecule has 1 saturated heterocycles. The van der Waals surface area contributed by atoms with Gasteiger partial charge < -0.3 is 14.6 Å². The van der Waals surface area contributed by atoms with Crippen LogP contribution in [0.2, 0.25) is 0 Å². The van der Waals surface area contributed by atoms with Crippen LogP contribution in [0.1, 0.15) is 25.5 Å². The van der Waals surface area contributed by atoms with Crippen LogP contribution >= 0.6 is 0 Å². The smallest absolute Gasteiger partial charge is 0.203 e. The van der Waals surface area contributed by atoms with Gasteiger partial charge in [-0.05, 0) is 32.6 Å². The number of anilines is 1. The Kier molecular flexibility index (Phi) is 5.64. The number of imidazole rings is 1. The molecule has 1 unspecified atom stereocenters. The number of rotatable bonds is 8. The van der Waals surface area contributed by atoms with Crippen LogP contribution in [0.3, 0.4) is 0 Å². The normalized spacial score (nSPS) is 20.8. The highest BCUT2D eigenvalue weighted by molar-refractivity contribution is 7.91. The highest BCUT2D eigenvalue weighted by Gasteiger charge is 2.28. The third-order valence-electron chi connectivity index (χ3n) is 3.63. The van der Waals surface area contributed by atoms with Crippen molar-refractivity contribution in [2.45, 2.75) is 33.2 Å². The van der Waals surface area contributed by atoms with Gasteiger partial charge in [-0.2, -0.15) is 0 Å². The lowest BCUT2D eigenvalue weighted by Crippen LogP contribution is -2.16. The second-order valence-corrected chi connectivity index (χ2v) is 7.83. The molecule has 0 amide bonds. The Hall–Kier alpha value is -1.08. The van der Waals surface area contributed by atoms with E-state index in [0.29, 0.717) is 18.1 Å². The summed E-state index contributed by atoms with van der Waals surface area (Å²) in [6, 6.07) is 0. The molecule has 1 aliphatic rings. The zero-order valence-corrected chi connectivity index (χ0v) is 13.7. The average molecular weight is 315 g/mol. The van der Waals surface area contributed by atoms with Crippen LogP contribution in [-0.2, 0) is 21.1 Å². The van der Waals surface area contributed by atoms with Crippen molar-refractivity contribution in [2.24, 2.45) is 5.92 Å². The van der Waals surface area contributed by atoms with Gasteiger partial charge in [-0.1, -0.05) is 0 Å². The molecule has 1 aromatic heterocycles. The summed E-state index contributed by atoms with van der Waals surface area (Å²) in [5, 5.41) is 3.31. The number of sulfone groups is 1. The minimum atomic E-state index is -2.82. The van der Waals surface area contributed by atoms with E-state index in [1.54, 1.807) is 0 Å². The summed E-state index contributed by atoms with van der Waals surface area (Å²) in [6.07, 6.45) is 3.66. The maximum absolute atomic E-state index is 11.5. The molecule has 0 radical (unpaired) electrons. The van der Waals surface area contributed by atoms with Crippen molar-refractivity contribution in [2.75, 3.05) is 36.6 Å². The van der Waals surface area contributed by atoms with Gasteiger partial charge in [0.05, 0.1) is 17.2 Å². The van der Waals surface area contributed by atoms with E-state index in [4.69, 9.17) is 4.74 Å². The van der Waals surface area contributed by atoms with Crippen LogP contribution in [0.5, 0.6) is 0 Å². The molecule has 1 atom stereocenters. The Morgan fingerprint density at radius 1 is 1.52 bits per heavy atom. The van der Waals surface area contributed by atoms with Crippen LogP contribution in [0.15, 0.2) is 6.20 Å². The van der Waals surface area contributed by atoms with Crippen LogP contribution in [0, 0.1) is 12.8 Å². The largest absolute Gasteiger partial charge is 0.382 e. The molecule has 120 valence electrons. The Balaban J connectivity index is 1.88. The summed E-state index contributed by atoms with van der Waals surface area (Å²) >= 11 is 0. The number of nitrogens with one attached hydrogen (secondary N) is 1. The first-order valence-corrected chi connectivity index (χ1v) is 9.38.